The molecule has 0 saturated carbocycles. The Labute approximate surface area is 186 Å². The van der Waals surface area contributed by atoms with E-state index in [0.29, 0.717) is 11.5 Å². The van der Waals surface area contributed by atoms with Gasteiger partial charge in [-0.05, 0) is 62.1 Å². The van der Waals surface area contributed by atoms with Crippen molar-refractivity contribution < 1.29 is 33.3 Å². The van der Waals surface area contributed by atoms with Gasteiger partial charge >= 0.3 is 11.9 Å². The van der Waals surface area contributed by atoms with E-state index in [2.05, 4.69) is 21.8 Å². The molecule has 1 fully saturated rings. The maximum absolute atomic E-state index is 12.9. The fraction of sp³-hybridized carbons (Fsp3) is 0.500. The number of methoxy groups -OCH3 is 2. The van der Waals surface area contributed by atoms with Gasteiger partial charge in [0.25, 0.3) is 0 Å². The number of hydrogen-bond donors (Lipinski definition) is 0. The summed E-state index contributed by atoms with van der Waals surface area (Å²) in [5.74, 6) is 0.774. The highest BCUT2D eigenvalue weighted by molar-refractivity contribution is 5.96. The molecular weight excluding hydrogens is 414 g/mol. The Morgan fingerprint density at radius 3 is 2.72 bits per heavy atom. The van der Waals surface area contributed by atoms with Gasteiger partial charge in [0.15, 0.2) is 17.6 Å². The van der Waals surface area contributed by atoms with Crippen molar-refractivity contribution in [1.82, 2.24) is 4.90 Å². The summed E-state index contributed by atoms with van der Waals surface area (Å²) in [5, 5.41) is 0. The third kappa shape index (κ3) is 3.16. The molecule has 170 valence electrons. The van der Waals surface area contributed by atoms with E-state index in [4.69, 9.17) is 18.9 Å². The van der Waals surface area contributed by atoms with Crippen molar-refractivity contribution in [2.24, 2.45) is 0 Å². The first-order valence-corrected chi connectivity index (χ1v) is 10.9. The second-order valence-corrected chi connectivity index (χ2v) is 8.64. The highest BCUT2D eigenvalue weighted by atomic mass is 16.7. The molecule has 1 spiro atoms. The Hall–Kier alpha value is -3.00. The molecule has 8 nitrogen and oxygen atoms in total. The van der Waals surface area contributed by atoms with E-state index in [1.807, 2.05) is 6.07 Å². The Balaban J connectivity index is 1.58. The molecule has 3 aliphatic heterocycles. The Morgan fingerprint density at radius 2 is 1.97 bits per heavy atom. The first kappa shape index (κ1) is 20.9. The topological polar surface area (TPSA) is 83.5 Å². The molecule has 0 N–H and O–H groups in total. The van der Waals surface area contributed by atoms with Crippen molar-refractivity contribution in [3.8, 4) is 11.5 Å². The van der Waals surface area contributed by atoms with Crippen molar-refractivity contribution >= 4 is 11.9 Å². The Kier molecular flexibility index (Phi) is 5.12. The lowest BCUT2D eigenvalue weighted by molar-refractivity contribution is -0.146. The van der Waals surface area contributed by atoms with Crippen LogP contribution in [0.2, 0.25) is 0 Å². The number of nitrogens with zero attached hydrogens (tertiary/aromatic N) is 1. The molecule has 5 rings (SSSR count). The molecule has 0 amide bonds. The van der Waals surface area contributed by atoms with E-state index >= 15 is 0 Å². The number of rotatable bonds is 4. The first-order chi connectivity index (χ1) is 15.5. The molecule has 1 aromatic rings. The molecule has 1 aromatic carbocycles. The highest BCUT2D eigenvalue weighted by Crippen LogP contribution is 2.55. The SMILES string of the molecule is COC(=O)/C=C(\C)C(=O)O[C@@H]1C(OC)=C[C@]23CCCN2CCc2cc4c(cc2[C@H]13)OCO4. The van der Waals surface area contributed by atoms with Gasteiger partial charge in [0.2, 0.25) is 6.79 Å². The van der Waals surface area contributed by atoms with E-state index in [0.717, 1.165) is 49.7 Å². The standard InChI is InChI=1S/C24H27NO7/c1-14(9-20(26)29-3)23(27)32-22-19(28-2)12-24-6-4-7-25(24)8-5-15-10-17-18(31-13-30-17)11-16(15)21(22)24/h9-12,21-22H,4-8,13H2,1-3H3/b14-9+/t21-,22-,24+/m1/s1. The number of benzene rings is 1. The predicted molar refractivity (Wildman–Crippen MR) is 113 cm³/mol. The summed E-state index contributed by atoms with van der Waals surface area (Å²) in [5.41, 5.74) is 2.14. The average molecular weight is 441 g/mol. The van der Waals surface area contributed by atoms with E-state index < -0.39 is 18.0 Å². The number of ether oxygens (including phenoxy) is 5. The summed E-state index contributed by atoms with van der Waals surface area (Å²) in [7, 11) is 2.87. The molecule has 1 saturated heterocycles. The van der Waals surface area contributed by atoms with E-state index in [1.54, 1.807) is 14.0 Å². The van der Waals surface area contributed by atoms with Gasteiger partial charge in [0.1, 0.15) is 5.76 Å². The smallest absolute Gasteiger partial charge is 0.334 e. The molecule has 3 atom stereocenters. The van der Waals surface area contributed by atoms with Crippen LogP contribution in [-0.4, -0.2) is 62.6 Å². The van der Waals surface area contributed by atoms with Crippen LogP contribution in [0.3, 0.4) is 0 Å². The molecule has 0 radical (unpaired) electrons. The van der Waals surface area contributed by atoms with Crippen LogP contribution in [0.4, 0.5) is 0 Å². The molecule has 4 aliphatic rings. The lowest BCUT2D eigenvalue weighted by Crippen LogP contribution is -2.47. The minimum Gasteiger partial charge on any atom is -0.497 e. The van der Waals surface area contributed by atoms with Crippen LogP contribution < -0.4 is 9.47 Å². The summed E-state index contributed by atoms with van der Waals surface area (Å²) in [6.45, 7) is 3.63. The molecule has 8 heteroatoms. The lowest BCUT2D eigenvalue weighted by atomic mass is 9.77. The van der Waals surface area contributed by atoms with Crippen LogP contribution in [0, 0.1) is 0 Å². The summed E-state index contributed by atoms with van der Waals surface area (Å²) in [6.07, 6.45) is 5.55. The summed E-state index contributed by atoms with van der Waals surface area (Å²) in [6, 6.07) is 4.09. The second kappa shape index (κ2) is 7.85. The van der Waals surface area contributed by atoms with Gasteiger partial charge in [0, 0.05) is 18.2 Å². The van der Waals surface area contributed by atoms with Gasteiger partial charge in [-0.25, -0.2) is 9.59 Å². The molecule has 32 heavy (non-hydrogen) atoms. The molecule has 1 aliphatic carbocycles. The summed E-state index contributed by atoms with van der Waals surface area (Å²) in [4.78, 5) is 27.0. The quantitative estimate of drug-likeness (QED) is 0.521. The van der Waals surface area contributed by atoms with Crippen LogP contribution in [0.5, 0.6) is 11.5 Å². The van der Waals surface area contributed by atoms with Gasteiger partial charge < -0.3 is 23.7 Å². The number of hydrogen-bond acceptors (Lipinski definition) is 8. The van der Waals surface area contributed by atoms with E-state index in [-0.39, 0.29) is 23.8 Å². The molecule has 0 aromatic heterocycles. The van der Waals surface area contributed by atoms with E-state index in [1.165, 1.54) is 12.7 Å². The van der Waals surface area contributed by atoms with Gasteiger partial charge in [-0.2, -0.15) is 0 Å². The zero-order chi connectivity index (χ0) is 22.5. The number of esters is 2. The zero-order valence-corrected chi connectivity index (χ0v) is 18.5. The molecule has 3 heterocycles. The van der Waals surface area contributed by atoms with Gasteiger partial charge in [0.05, 0.1) is 25.7 Å². The number of carbonyl (C=O) groups is 2. The van der Waals surface area contributed by atoms with Gasteiger partial charge in [-0.1, -0.05) is 0 Å². The minimum atomic E-state index is -0.619. The third-order valence-corrected chi connectivity index (χ3v) is 7.06. The fourth-order valence-corrected chi connectivity index (χ4v) is 5.60. The van der Waals surface area contributed by atoms with Crippen LogP contribution in [0.1, 0.15) is 36.8 Å². The van der Waals surface area contributed by atoms with Crippen LogP contribution in [0.25, 0.3) is 0 Å². The van der Waals surface area contributed by atoms with Crippen molar-refractivity contribution in [3.05, 3.63) is 46.7 Å². The van der Waals surface area contributed by atoms with Crippen LogP contribution in [-0.2, 0) is 30.2 Å². The summed E-state index contributed by atoms with van der Waals surface area (Å²) < 4.78 is 27.7. The largest absolute Gasteiger partial charge is 0.497 e. The second-order valence-electron chi connectivity index (χ2n) is 8.64. The Bertz CT molecular complexity index is 1030. The molecular formula is C24H27NO7. The van der Waals surface area contributed by atoms with E-state index in [9.17, 15) is 9.59 Å². The van der Waals surface area contributed by atoms with Crippen molar-refractivity contribution in [3.63, 3.8) is 0 Å². The van der Waals surface area contributed by atoms with Gasteiger partial charge in [-0.3, -0.25) is 4.90 Å². The average Bonchev–Trinajstić information content (AvgIpc) is 3.47. The van der Waals surface area contributed by atoms with Crippen molar-refractivity contribution in [1.29, 1.82) is 0 Å². The van der Waals surface area contributed by atoms with Crippen LogP contribution >= 0.6 is 0 Å². The normalized spacial score (nSPS) is 28.2. The molecule has 0 bridgehead atoms. The minimum absolute atomic E-state index is 0.151. The third-order valence-electron chi connectivity index (χ3n) is 7.06. The molecule has 0 unspecified atom stereocenters. The predicted octanol–water partition coefficient (Wildman–Crippen LogP) is 2.46. The van der Waals surface area contributed by atoms with Crippen LogP contribution in [0.15, 0.2) is 35.6 Å². The monoisotopic (exact) mass is 441 g/mol. The summed E-state index contributed by atoms with van der Waals surface area (Å²) >= 11 is 0. The Morgan fingerprint density at radius 1 is 1.19 bits per heavy atom. The maximum atomic E-state index is 12.9. The number of fused-ring (bicyclic) bond motifs is 3. The van der Waals surface area contributed by atoms with Crippen molar-refractivity contribution in [2.45, 2.75) is 43.7 Å². The fourth-order valence-electron chi connectivity index (χ4n) is 5.60. The maximum Gasteiger partial charge on any atom is 0.334 e. The zero-order valence-electron chi connectivity index (χ0n) is 18.5. The first-order valence-electron chi connectivity index (χ1n) is 10.9. The number of carbonyl (C=O) groups excluding carboxylic acids is 2. The lowest BCUT2D eigenvalue weighted by Gasteiger charge is -2.39. The highest BCUT2D eigenvalue weighted by Gasteiger charge is 2.58. The van der Waals surface area contributed by atoms with Crippen molar-refractivity contribution in [2.75, 3.05) is 34.1 Å². The van der Waals surface area contributed by atoms with Gasteiger partial charge in [-0.15, -0.1) is 0 Å².